The molecule has 0 aliphatic carbocycles. The zero-order valence-corrected chi connectivity index (χ0v) is 21.2. The Morgan fingerprint density at radius 3 is 2.37 bits per heavy atom. The number of aromatic nitrogens is 1. The lowest BCUT2D eigenvalue weighted by atomic mass is 10.1. The van der Waals surface area contributed by atoms with Crippen LogP contribution in [0.15, 0.2) is 82.1 Å². The van der Waals surface area contributed by atoms with Gasteiger partial charge in [-0.15, -0.1) is 0 Å². The molecule has 0 spiro atoms. The second kappa shape index (κ2) is 9.84. The second-order valence-electron chi connectivity index (χ2n) is 8.97. The van der Waals surface area contributed by atoms with Crippen LogP contribution in [0.1, 0.15) is 18.9 Å². The van der Waals surface area contributed by atoms with Crippen molar-refractivity contribution < 1.29 is 27.2 Å². The van der Waals surface area contributed by atoms with E-state index in [-0.39, 0.29) is 23.8 Å². The van der Waals surface area contributed by atoms with Gasteiger partial charge in [0.1, 0.15) is 11.6 Å². The van der Waals surface area contributed by atoms with Gasteiger partial charge >= 0.3 is 0 Å². The third kappa shape index (κ3) is 4.93. The first-order chi connectivity index (χ1) is 18.1. The molecule has 194 valence electrons. The number of carbonyl (C=O) groups is 3. The van der Waals surface area contributed by atoms with Gasteiger partial charge in [-0.1, -0.05) is 24.3 Å². The number of benzene rings is 3. The number of sulfonamides is 1. The van der Waals surface area contributed by atoms with E-state index in [2.05, 4.69) is 4.98 Å². The third-order valence-electron chi connectivity index (χ3n) is 6.46. The number of hydrogen-bond acceptors (Lipinski definition) is 7. The predicted molar refractivity (Wildman–Crippen MR) is 139 cm³/mol. The van der Waals surface area contributed by atoms with Crippen LogP contribution in [0.25, 0.3) is 22.6 Å². The smallest absolute Gasteiger partial charge is 0.257 e. The average molecular weight is 533 g/mol. The van der Waals surface area contributed by atoms with Crippen LogP contribution < -0.4 is 10.0 Å². The van der Waals surface area contributed by atoms with E-state index in [4.69, 9.17) is 9.56 Å². The summed E-state index contributed by atoms with van der Waals surface area (Å²) in [6.45, 7) is 1.53. The molecular formula is C27H24N4O6S. The van der Waals surface area contributed by atoms with E-state index in [9.17, 15) is 22.8 Å². The van der Waals surface area contributed by atoms with E-state index >= 15 is 0 Å². The molecule has 1 aliphatic rings. The quantitative estimate of drug-likeness (QED) is 0.360. The molecule has 0 radical (unpaired) electrons. The second-order valence-corrected chi connectivity index (χ2v) is 10.5. The van der Waals surface area contributed by atoms with Gasteiger partial charge in [0.05, 0.1) is 17.0 Å². The number of oxazole rings is 1. The van der Waals surface area contributed by atoms with Crippen molar-refractivity contribution >= 4 is 44.5 Å². The maximum atomic E-state index is 13.3. The number of rotatable bonds is 7. The first kappa shape index (κ1) is 25.3. The molecule has 2 N–H and O–H groups in total. The van der Waals surface area contributed by atoms with Crippen LogP contribution in [-0.4, -0.2) is 48.6 Å². The molecule has 2 heterocycles. The van der Waals surface area contributed by atoms with Gasteiger partial charge in [0.25, 0.3) is 5.91 Å². The zero-order chi connectivity index (χ0) is 27.0. The number of nitrogens with zero attached hydrogens (tertiary/aromatic N) is 3. The Balaban J connectivity index is 1.31. The highest BCUT2D eigenvalue weighted by molar-refractivity contribution is 7.89. The van der Waals surface area contributed by atoms with Crippen molar-refractivity contribution in [1.29, 1.82) is 0 Å². The number of imide groups is 1. The number of nitrogens with two attached hydrogens (primary N) is 1. The summed E-state index contributed by atoms with van der Waals surface area (Å²) < 4.78 is 28.7. The molecule has 1 atom stereocenters. The first-order valence-electron chi connectivity index (χ1n) is 11.8. The summed E-state index contributed by atoms with van der Waals surface area (Å²) in [4.78, 5) is 45.5. The van der Waals surface area contributed by atoms with E-state index in [1.807, 2.05) is 24.3 Å². The molecule has 5 rings (SSSR count). The van der Waals surface area contributed by atoms with Crippen LogP contribution in [0.3, 0.4) is 0 Å². The molecule has 38 heavy (non-hydrogen) atoms. The summed E-state index contributed by atoms with van der Waals surface area (Å²) in [5.74, 6) is -0.803. The Morgan fingerprint density at radius 1 is 1.05 bits per heavy atom. The number of amides is 3. The van der Waals surface area contributed by atoms with Crippen molar-refractivity contribution in [2.75, 3.05) is 11.4 Å². The number of anilines is 1. The monoisotopic (exact) mass is 532 g/mol. The van der Waals surface area contributed by atoms with Gasteiger partial charge in [0, 0.05) is 19.0 Å². The lowest BCUT2D eigenvalue weighted by Crippen LogP contribution is -2.45. The van der Waals surface area contributed by atoms with E-state index in [0.717, 1.165) is 16.0 Å². The van der Waals surface area contributed by atoms with Crippen molar-refractivity contribution in [2.24, 2.45) is 5.14 Å². The van der Waals surface area contributed by atoms with Crippen LogP contribution in [0, 0.1) is 0 Å². The molecule has 1 saturated heterocycles. The molecule has 3 aromatic carbocycles. The van der Waals surface area contributed by atoms with Gasteiger partial charge in [-0.25, -0.2) is 23.4 Å². The third-order valence-corrected chi connectivity index (χ3v) is 7.39. The molecule has 1 unspecified atom stereocenters. The molecule has 0 bridgehead atoms. The molecule has 1 aliphatic heterocycles. The van der Waals surface area contributed by atoms with E-state index < -0.39 is 27.9 Å². The van der Waals surface area contributed by atoms with Gasteiger partial charge in [0.2, 0.25) is 27.7 Å². The molecular weight excluding hydrogens is 508 g/mol. The lowest BCUT2D eigenvalue weighted by molar-refractivity contribution is -0.136. The minimum atomic E-state index is -3.81. The van der Waals surface area contributed by atoms with Crippen molar-refractivity contribution in [3.63, 3.8) is 0 Å². The maximum absolute atomic E-state index is 13.3. The Morgan fingerprint density at radius 2 is 1.74 bits per heavy atom. The Labute approximate surface area is 218 Å². The van der Waals surface area contributed by atoms with Crippen molar-refractivity contribution in [3.05, 3.63) is 78.4 Å². The van der Waals surface area contributed by atoms with Gasteiger partial charge < -0.3 is 9.32 Å². The highest BCUT2D eigenvalue weighted by atomic mass is 32.2. The Bertz CT molecular complexity index is 1610. The number of hydrogen-bond donors (Lipinski definition) is 1. The first-order valence-corrected chi connectivity index (χ1v) is 13.4. The van der Waals surface area contributed by atoms with Gasteiger partial charge in [0.15, 0.2) is 5.58 Å². The van der Waals surface area contributed by atoms with Gasteiger partial charge in [-0.2, -0.15) is 0 Å². The standard InChI is InChI=1S/C27H24N4O6S/c1-17(32)30(15-14-18-6-12-21(13-7-18)38(28,35)36)23-16-25(33)31(27(23)34)20-10-8-19(9-11-20)26-29-22-4-2-3-5-24(22)37-26/h2-13,23H,14-16H2,1H3,(H2,28,35,36). The average Bonchev–Trinajstić information content (AvgIpc) is 3.44. The Hall–Kier alpha value is -4.35. The van der Waals surface area contributed by atoms with Crippen LogP contribution in [-0.2, 0) is 30.8 Å². The van der Waals surface area contributed by atoms with Crippen molar-refractivity contribution in [3.8, 4) is 11.5 Å². The molecule has 4 aromatic rings. The van der Waals surface area contributed by atoms with Crippen LogP contribution in [0.4, 0.5) is 5.69 Å². The fourth-order valence-corrected chi connectivity index (χ4v) is 5.02. The number of fused-ring (bicyclic) bond motifs is 1. The summed E-state index contributed by atoms with van der Waals surface area (Å²) in [6.07, 6.45) is 0.233. The molecule has 3 amide bonds. The van der Waals surface area contributed by atoms with Crippen LogP contribution >= 0.6 is 0 Å². The molecule has 10 nitrogen and oxygen atoms in total. The summed E-state index contributed by atoms with van der Waals surface area (Å²) in [5.41, 5.74) is 3.23. The minimum absolute atomic E-state index is 0.0148. The highest BCUT2D eigenvalue weighted by Gasteiger charge is 2.43. The van der Waals surface area contributed by atoms with Gasteiger partial charge in [-0.3, -0.25) is 14.4 Å². The van der Waals surface area contributed by atoms with Crippen molar-refractivity contribution in [1.82, 2.24) is 9.88 Å². The molecule has 1 aromatic heterocycles. The van der Waals surface area contributed by atoms with Crippen LogP contribution in [0.5, 0.6) is 0 Å². The van der Waals surface area contributed by atoms with Crippen LogP contribution in [0.2, 0.25) is 0 Å². The topological polar surface area (TPSA) is 144 Å². The summed E-state index contributed by atoms with van der Waals surface area (Å²) >= 11 is 0. The number of para-hydroxylation sites is 2. The predicted octanol–water partition coefficient (Wildman–Crippen LogP) is 2.87. The largest absolute Gasteiger partial charge is 0.436 e. The highest BCUT2D eigenvalue weighted by Crippen LogP contribution is 2.30. The SMILES string of the molecule is CC(=O)N(CCc1ccc(S(N)(=O)=O)cc1)C1CC(=O)N(c2ccc(-c3nc4ccccc4o3)cc2)C1=O. The lowest BCUT2D eigenvalue weighted by Gasteiger charge is -2.26. The summed E-state index contributed by atoms with van der Waals surface area (Å²) in [7, 11) is -3.81. The molecule has 0 saturated carbocycles. The summed E-state index contributed by atoms with van der Waals surface area (Å²) in [5, 5.41) is 5.13. The fourth-order valence-electron chi connectivity index (χ4n) is 4.51. The van der Waals surface area contributed by atoms with E-state index in [1.54, 1.807) is 36.4 Å². The number of primary sulfonamides is 1. The minimum Gasteiger partial charge on any atom is -0.436 e. The molecule has 11 heteroatoms. The number of carbonyl (C=O) groups excluding carboxylic acids is 3. The van der Waals surface area contributed by atoms with Gasteiger partial charge in [-0.05, 0) is 60.5 Å². The fraction of sp³-hybridized carbons (Fsp3) is 0.185. The Kier molecular flexibility index (Phi) is 6.55. The molecule has 1 fully saturated rings. The maximum Gasteiger partial charge on any atom is 0.257 e. The van der Waals surface area contributed by atoms with E-state index in [1.165, 1.54) is 24.0 Å². The normalized spacial score (nSPS) is 15.8. The zero-order valence-electron chi connectivity index (χ0n) is 20.4. The summed E-state index contributed by atoms with van der Waals surface area (Å²) in [6, 6.07) is 19.2. The van der Waals surface area contributed by atoms with Crippen molar-refractivity contribution in [2.45, 2.75) is 30.7 Å². The van der Waals surface area contributed by atoms with E-state index in [0.29, 0.717) is 29.1 Å².